The van der Waals surface area contributed by atoms with E-state index in [1.165, 1.54) is 18.2 Å². The van der Waals surface area contributed by atoms with E-state index >= 15 is 0 Å². The van der Waals surface area contributed by atoms with Gasteiger partial charge in [-0.2, -0.15) is 0 Å². The van der Waals surface area contributed by atoms with Gasteiger partial charge in [0.05, 0.1) is 19.6 Å². The third kappa shape index (κ3) is 4.41. The fourth-order valence-corrected chi connectivity index (χ4v) is 1.95. The molecule has 0 saturated carbocycles. The van der Waals surface area contributed by atoms with Crippen molar-refractivity contribution < 1.29 is 27.4 Å². The standard InChI is InChI=1S/C13H14F3NO3/c14-13(15,16)20-11-3-1-2-10(8-11)9-17-5-7-19-6-4-12(17)18/h1-3,8H,4-7,9H2. The van der Waals surface area contributed by atoms with Crippen molar-refractivity contribution in [2.24, 2.45) is 0 Å². The minimum atomic E-state index is -4.72. The number of nitrogens with zero attached hydrogens (tertiary/aromatic N) is 1. The van der Waals surface area contributed by atoms with Gasteiger partial charge in [-0.15, -0.1) is 13.2 Å². The van der Waals surface area contributed by atoms with Crippen LogP contribution in [0.5, 0.6) is 5.75 Å². The molecule has 1 amide bonds. The maximum atomic E-state index is 12.1. The SMILES string of the molecule is O=C1CCOCCN1Cc1cccc(OC(F)(F)F)c1. The molecule has 1 aliphatic rings. The number of benzene rings is 1. The van der Waals surface area contributed by atoms with Crippen LogP contribution in [0.1, 0.15) is 12.0 Å². The van der Waals surface area contributed by atoms with Crippen molar-refractivity contribution in [2.75, 3.05) is 19.8 Å². The molecule has 4 nitrogen and oxygen atoms in total. The second kappa shape index (κ2) is 6.13. The van der Waals surface area contributed by atoms with Crippen molar-refractivity contribution in [2.45, 2.75) is 19.3 Å². The van der Waals surface area contributed by atoms with E-state index in [1.54, 1.807) is 11.0 Å². The van der Waals surface area contributed by atoms with Crippen molar-refractivity contribution >= 4 is 5.91 Å². The summed E-state index contributed by atoms with van der Waals surface area (Å²) >= 11 is 0. The van der Waals surface area contributed by atoms with Crippen LogP contribution in [0.2, 0.25) is 0 Å². The van der Waals surface area contributed by atoms with Gasteiger partial charge in [-0.05, 0) is 17.7 Å². The van der Waals surface area contributed by atoms with Crippen LogP contribution in [-0.4, -0.2) is 36.9 Å². The van der Waals surface area contributed by atoms with Gasteiger partial charge in [0.2, 0.25) is 5.91 Å². The third-order valence-electron chi connectivity index (χ3n) is 2.82. The average molecular weight is 289 g/mol. The Morgan fingerprint density at radius 3 is 2.85 bits per heavy atom. The number of rotatable bonds is 3. The van der Waals surface area contributed by atoms with Gasteiger partial charge in [-0.1, -0.05) is 12.1 Å². The van der Waals surface area contributed by atoms with Gasteiger partial charge in [0.25, 0.3) is 0 Å². The zero-order valence-electron chi connectivity index (χ0n) is 10.7. The van der Waals surface area contributed by atoms with Crippen LogP contribution >= 0.6 is 0 Å². The molecule has 0 unspecified atom stereocenters. The van der Waals surface area contributed by atoms with Crippen LogP contribution in [-0.2, 0) is 16.1 Å². The fourth-order valence-electron chi connectivity index (χ4n) is 1.95. The maximum Gasteiger partial charge on any atom is 0.573 e. The Morgan fingerprint density at radius 1 is 1.30 bits per heavy atom. The van der Waals surface area contributed by atoms with Crippen LogP contribution < -0.4 is 4.74 Å². The molecule has 1 saturated heterocycles. The number of hydrogen-bond donors (Lipinski definition) is 0. The Morgan fingerprint density at radius 2 is 2.10 bits per heavy atom. The normalized spacial score (nSPS) is 16.9. The van der Waals surface area contributed by atoms with Crippen molar-refractivity contribution in [3.05, 3.63) is 29.8 Å². The van der Waals surface area contributed by atoms with E-state index < -0.39 is 6.36 Å². The molecule has 0 bridgehead atoms. The highest BCUT2D eigenvalue weighted by atomic mass is 19.4. The van der Waals surface area contributed by atoms with Crippen LogP contribution in [0, 0.1) is 0 Å². The molecule has 0 aromatic heterocycles. The molecule has 1 fully saturated rings. The quantitative estimate of drug-likeness (QED) is 0.857. The molecule has 0 atom stereocenters. The average Bonchev–Trinajstić information content (AvgIpc) is 2.53. The molecule has 1 heterocycles. The number of hydrogen-bond acceptors (Lipinski definition) is 3. The molecule has 1 aromatic carbocycles. The number of amides is 1. The molecule has 110 valence electrons. The van der Waals surface area contributed by atoms with Crippen molar-refractivity contribution in [3.8, 4) is 5.75 Å². The number of ether oxygens (including phenoxy) is 2. The number of carbonyl (C=O) groups is 1. The lowest BCUT2D eigenvalue weighted by atomic mass is 10.2. The van der Waals surface area contributed by atoms with Gasteiger partial charge >= 0.3 is 6.36 Å². The lowest BCUT2D eigenvalue weighted by molar-refractivity contribution is -0.274. The summed E-state index contributed by atoms with van der Waals surface area (Å²) < 4.78 is 45.5. The van der Waals surface area contributed by atoms with Crippen molar-refractivity contribution in [3.63, 3.8) is 0 Å². The highest BCUT2D eigenvalue weighted by Gasteiger charge is 2.31. The Kier molecular flexibility index (Phi) is 4.49. The molecular weight excluding hydrogens is 275 g/mol. The minimum absolute atomic E-state index is 0.0651. The Bertz CT molecular complexity index is 476. The predicted octanol–water partition coefficient (Wildman–Crippen LogP) is 2.33. The van der Waals surface area contributed by atoms with Gasteiger partial charge in [0.15, 0.2) is 0 Å². The molecule has 1 aromatic rings. The van der Waals surface area contributed by atoms with Crippen molar-refractivity contribution in [1.29, 1.82) is 0 Å². The highest BCUT2D eigenvalue weighted by Crippen LogP contribution is 2.24. The molecule has 0 aliphatic carbocycles. The van der Waals surface area contributed by atoms with Crippen molar-refractivity contribution in [1.82, 2.24) is 4.90 Å². The third-order valence-corrected chi connectivity index (χ3v) is 2.82. The summed E-state index contributed by atoms with van der Waals surface area (Å²) in [5.41, 5.74) is 0.585. The van der Waals surface area contributed by atoms with E-state index in [1.807, 2.05) is 0 Å². The largest absolute Gasteiger partial charge is 0.573 e. The zero-order valence-corrected chi connectivity index (χ0v) is 10.7. The minimum Gasteiger partial charge on any atom is -0.406 e. The van der Waals surface area contributed by atoms with Gasteiger partial charge < -0.3 is 14.4 Å². The van der Waals surface area contributed by atoms with Crippen LogP contribution in [0.3, 0.4) is 0 Å². The molecule has 20 heavy (non-hydrogen) atoms. The Labute approximate surface area is 114 Å². The van der Waals surface area contributed by atoms with E-state index in [2.05, 4.69) is 4.74 Å². The molecule has 2 rings (SSSR count). The van der Waals surface area contributed by atoms with E-state index in [4.69, 9.17) is 4.74 Å². The second-order valence-electron chi connectivity index (χ2n) is 4.37. The van der Waals surface area contributed by atoms with Gasteiger partial charge in [-0.3, -0.25) is 4.79 Å². The molecule has 0 spiro atoms. The van der Waals surface area contributed by atoms with Crippen LogP contribution in [0.25, 0.3) is 0 Å². The van der Waals surface area contributed by atoms with Gasteiger partial charge in [0, 0.05) is 13.1 Å². The number of halogens is 3. The van der Waals surface area contributed by atoms with E-state index in [0.717, 1.165) is 0 Å². The van der Waals surface area contributed by atoms with Gasteiger partial charge in [0.1, 0.15) is 5.75 Å². The van der Waals surface area contributed by atoms with Crippen LogP contribution in [0.15, 0.2) is 24.3 Å². The first-order chi connectivity index (χ1) is 9.44. The summed E-state index contributed by atoms with van der Waals surface area (Å²) in [6, 6.07) is 5.63. The Balaban J connectivity index is 2.05. The highest BCUT2D eigenvalue weighted by molar-refractivity contribution is 5.76. The van der Waals surface area contributed by atoms with E-state index in [0.29, 0.717) is 31.7 Å². The first kappa shape index (κ1) is 14.6. The first-order valence-electron chi connectivity index (χ1n) is 6.14. The van der Waals surface area contributed by atoms with Crippen LogP contribution in [0.4, 0.5) is 13.2 Å². The molecular formula is C13H14F3NO3. The molecule has 0 N–H and O–H groups in total. The summed E-state index contributed by atoms with van der Waals surface area (Å²) in [5, 5.41) is 0. The number of carbonyl (C=O) groups excluding carboxylic acids is 1. The predicted molar refractivity (Wildman–Crippen MR) is 64.0 cm³/mol. The summed E-state index contributed by atoms with van der Waals surface area (Å²) in [7, 11) is 0. The maximum absolute atomic E-state index is 12.1. The second-order valence-corrected chi connectivity index (χ2v) is 4.37. The molecule has 1 aliphatic heterocycles. The smallest absolute Gasteiger partial charge is 0.406 e. The molecule has 0 radical (unpaired) electrons. The first-order valence-corrected chi connectivity index (χ1v) is 6.14. The lowest BCUT2D eigenvalue weighted by Gasteiger charge is -2.20. The topological polar surface area (TPSA) is 38.8 Å². The van der Waals surface area contributed by atoms with Gasteiger partial charge in [-0.25, -0.2) is 0 Å². The Hall–Kier alpha value is -1.76. The zero-order chi connectivity index (χ0) is 14.6. The summed E-state index contributed by atoms with van der Waals surface area (Å²) in [5.74, 6) is -0.349. The molecule has 7 heteroatoms. The lowest BCUT2D eigenvalue weighted by Crippen LogP contribution is -2.31. The summed E-state index contributed by atoms with van der Waals surface area (Å²) in [6.45, 7) is 1.50. The number of alkyl halides is 3. The summed E-state index contributed by atoms with van der Waals surface area (Å²) in [4.78, 5) is 13.3. The monoisotopic (exact) mass is 289 g/mol. The fraction of sp³-hybridized carbons (Fsp3) is 0.462. The van der Waals surface area contributed by atoms with E-state index in [-0.39, 0.29) is 18.2 Å². The summed E-state index contributed by atoms with van der Waals surface area (Å²) in [6.07, 6.45) is -4.43. The van der Waals surface area contributed by atoms with E-state index in [9.17, 15) is 18.0 Å².